The van der Waals surface area contributed by atoms with E-state index in [1.807, 2.05) is 0 Å². The summed E-state index contributed by atoms with van der Waals surface area (Å²) < 4.78 is 0. The molecule has 1 unspecified atom stereocenters. The highest BCUT2D eigenvalue weighted by atomic mass is 15.2. The van der Waals surface area contributed by atoms with Crippen LogP contribution in [0.4, 0.5) is 5.69 Å². The SMILES string of the molecule is CCCNCCCN1CCC2=C(C=C(CNCCNc3ccccc3CC)C3=CCCN(C)C32)C1. The molecule has 192 valence electrons. The van der Waals surface area contributed by atoms with Crippen molar-refractivity contribution in [1.29, 1.82) is 0 Å². The van der Waals surface area contributed by atoms with Gasteiger partial charge in [-0.3, -0.25) is 9.80 Å². The molecule has 0 spiro atoms. The molecule has 1 aromatic rings. The fourth-order valence-corrected chi connectivity index (χ4v) is 5.85. The summed E-state index contributed by atoms with van der Waals surface area (Å²) in [6, 6.07) is 9.15. The van der Waals surface area contributed by atoms with E-state index < -0.39 is 0 Å². The molecule has 0 aromatic heterocycles. The molecular formula is C30H47N5. The second kappa shape index (κ2) is 13.4. The lowest BCUT2D eigenvalue weighted by Gasteiger charge is -2.43. The van der Waals surface area contributed by atoms with Gasteiger partial charge >= 0.3 is 0 Å². The van der Waals surface area contributed by atoms with Crippen molar-refractivity contribution in [2.24, 2.45) is 0 Å². The van der Waals surface area contributed by atoms with Gasteiger partial charge in [-0.1, -0.05) is 44.2 Å². The van der Waals surface area contributed by atoms with Gasteiger partial charge in [-0.2, -0.15) is 0 Å². The molecule has 1 aliphatic carbocycles. The standard InChI is InChI=1S/C30H47N5/c1-4-14-31-15-9-19-35-20-13-28-26(23-35)21-25(27-11-8-18-34(3)30(27)28)22-32-16-17-33-29-12-7-6-10-24(29)5-2/h6-7,10-12,21,30-33H,4-5,8-9,13-20,22-23H2,1-3H3. The molecule has 0 saturated carbocycles. The van der Waals surface area contributed by atoms with Crippen molar-refractivity contribution in [2.45, 2.75) is 52.0 Å². The first-order valence-electron chi connectivity index (χ1n) is 14.0. The minimum absolute atomic E-state index is 0.489. The number of nitrogens with one attached hydrogen (secondary N) is 3. The van der Waals surface area contributed by atoms with Crippen LogP contribution in [0.15, 0.2) is 58.7 Å². The molecule has 0 bridgehead atoms. The third-order valence-electron chi connectivity index (χ3n) is 7.72. The summed E-state index contributed by atoms with van der Waals surface area (Å²) in [5.74, 6) is 0. The Morgan fingerprint density at radius 3 is 2.74 bits per heavy atom. The van der Waals surface area contributed by atoms with Crippen LogP contribution in [0.1, 0.15) is 45.1 Å². The van der Waals surface area contributed by atoms with E-state index in [9.17, 15) is 0 Å². The Kier molecular flexibility index (Phi) is 10.0. The average molecular weight is 478 g/mol. The van der Waals surface area contributed by atoms with Gasteiger partial charge in [0.1, 0.15) is 0 Å². The van der Waals surface area contributed by atoms with E-state index in [2.05, 4.69) is 83.1 Å². The molecule has 0 fully saturated rings. The minimum atomic E-state index is 0.489. The van der Waals surface area contributed by atoms with Gasteiger partial charge in [0.15, 0.2) is 0 Å². The molecule has 0 radical (unpaired) electrons. The molecule has 5 nitrogen and oxygen atoms in total. The van der Waals surface area contributed by atoms with Crippen molar-refractivity contribution < 1.29 is 0 Å². The van der Waals surface area contributed by atoms with Crippen molar-refractivity contribution in [3.05, 3.63) is 64.3 Å². The lowest BCUT2D eigenvalue weighted by Crippen LogP contribution is -2.45. The molecule has 3 aliphatic rings. The van der Waals surface area contributed by atoms with E-state index in [1.165, 1.54) is 55.7 Å². The van der Waals surface area contributed by atoms with Gasteiger partial charge in [-0.05, 0) is 92.7 Å². The number of benzene rings is 1. The summed E-state index contributed by atoms with van der Waals surface area (Å²) >= 11 is 0. The van der Waals surface area contributed by atoms with Gasteiger partial charge < -0.3 is 16.0 Å². The van der Waals surface area contributed by atoms with Gasteiger partial charge in [-0.25, -0.2) is 0 Å². The molecule has 35 heavy (non-hydrogen) atoms. The summed E-state index contributed by atoms with van der Waals surface area (Å²) in [6.45, 7) is 14.3. The number of hydrogen-bond acceptors (Lipinski definition) is 5. The van der Waals surface area contributed by atoms with Crippen molar-refractivity contribution in [2.75, 3.05) is 71.3 Å². The van der Waals surface area contributed by atoms with E-state index >= 15 is 0 Å². The Balaban J connectivity index is 1.34. The van der Waals surface area contributed by atoms with Crippen LogP contribution >= 0.6 is 0 Å². The van der Waals surface area contributed by atoms with Crippen LogP contribution in [-0.2, 0) is 6.42 Å². The van der Waals surface area contributed by atoms with Crippen LogP contribution in [-0.4, -0.2) is 81.8 Å². The third-order valence-corrected chi connectivity index (χ3v) is 7.72. The van der Waals surface area contributed by atoms with E-state index in [-0.39, 0.29) is 0 Å². The molecule has 0 saturated heterocycles. The molecular weight excluding hydrogens is 430 g/mol. The monoisotopic (exact) mass is 477 g/mol. The summed E-state index contributed by atoms with van der Waals surface area (Å²) in [7, 11) is 2.32. The number of fused-ring (bicyclic) bond motifs is 2. The predicted octanol–water partition coefficient (Wildman–Crippen LogP) is 4.21. The van der Waals surface area contributed by atoms with Crippen molar-refractivity contribution in [1.82, 2.24) is 20.4 Å². The average Bonchev–Trinajstić information content (AvgIpc) is 2.88. The molecule has 3 N–H and O–H groups in total. The Hall–Kier alpha value is -1.92. The number of hydrogen-bond donors (Lipinski definition) is 3. The summed E-state index contributed by atoms with van der Waals surface area (Å²) in [5.41, 5.74) is 8.99. The first-order valence-corrected chi connectivity index (χ1v) is 14.0. The van der Waals surface area contributed by atoms with Crippen molar-refractivity contribution >= 4 is 5.69 Å². The van der Waals surface area contributed by atoms with E-state index in [4.69, 9.17) is 0 Å². The Labute approximate surface area is 213 Å². The first kappa shape index (κ1) is 26.2. The number of rotatable bonds is 13. The topological polar surface area (TPSA) is 42.6 Å². The molecule has 0 amide bonds. The van der Waals surface area contributed by atoms with Gasteiger partial charge in [0.05, 0.1) is 6.04 Å². The maximum absolute atomic E-state index is 3.74. The fraction of sp³-hybridized carbons (Fsp3) is 0.600. The first-order chi connectivity index (χ1) is 17.2. The zero-order valence-electron chi connectivity index (χ0n) is 22.3. The fourth-order valence-electron chi connectivity index (χ4n) is 5.85. The molecule has 5 heteroatoms. The van der Waals surface area contributed by atoms with Crippen LogP contribution in [0.2, 0.25) is 0 Å². The lowest BCUT2D eigenvalue weighted by molar-refractivity contribution is 0.246. The van der Waals surface area contributed by atoms with Gasteiger partial charge in [0, 0.05) is 45.0 Å². The van der Waals surface area contributed by atoms with Gasteiger partial charge in [0.25, 0.3) is 0 Å². The van der Waals surface area contributed by atoms with Crippen LogP contribution in [0, 0.1) is 0 Å². The quantitative estimate of drug-likeness (QED) is 0.371. The van der Waals surface area contributed by atoms with E-state index in [0.717, 1.165) is 52.1 Å². The predicted molar refractivity (Wildman–Crippen MR) is 150 cm³/mol. The lowest BCUT2D eigenvalue weighted by atomic mass is 9.78. The van der Waals surface area contributed by atoms with E-state index in [0.29, 0.717) is 6.04 Å². The highest BCUT2D eigenvalue weighted by Crippen LogP contribution is 2.38. The van der Waals surface area contributed by atoms with Crippen molar-refractivity contribution in [3.63, 3.8) is 0 Å². The van der Waals surface area contributed by atoms with Gasteiger partial charge in [-0.15, -0.1) is 0 Å². The van der Waals surface area contributed by atoms with Crippen molar-refractivity contribution in [3.8, 4) is 0 Å². The second-order valence-electron chi connectivity index (χ2n) is 10.3. The smallest absolute Gasteiger partial charge is 0.0565 e. The van der Waals surface area contributed by atoms with Crippen LogP contribution < -0.4 is 16.0 Å². The summed E-state index contributed by atoms with van der Waals surface area (Å²) in [6.07, 6.45) is 10.9. The maximum Gasteiger partial charge on any atom is 0.0565 e. The Morgan fingerprint density at radius 1 is 1.00 bits per heavy atom. The molecule has 4 rings (SSSR count). The zero-order chi connectivity index (χ0) is 24.5. The normalized spacial score (nSPS) is 20.8. The number of aryl methyl sites for hydroxylation is 1. The number of likely N-dealkylation sites (N-methyl/N-ethyl adjacent to an activating group) is 1. The Bertz CT molecular complexity index is 915. The molecule has 1 aromatic carbocycles. The van der Waals surface area contributed by atoms with Crippen LogP contribution in [0.3, 0.4) is 0 Å². The van der Waals surface area contributed by atoms with Crippen LogP contribution in [0.5, 0.6) is 0 Å². The number of anilines is 1. The largest absolute Gasteiger partial charge is 0.384 e. The second-order valence-corrected chi connectivity index (χ2v) is 10.3. The molecule has 2 aliphatic heterocycles. The third kappa shape index (κ3) is 6.85. The maximum atomic E-state index is 3.74. The highest BCUT2D eigenvalue weighted by Gasteiger charge is 2.34. The number of nitrogens with zero attached hydrogens (tertiary/aromatic N) is 2. The van der Waals surface area contributed by atoms with E-state index in [1.54, 1.807) is 16.7 Å². The molecule has 1 atom stereocenters. The zero-order valence-corrected chi connectivity index (χ0v) is 22.3. The number of para-hydroxylation sites is 1. The molecule has 2 heterocycles. The van der Waals surface area contributed by atoms with Crippen LogP contribution in [0.25, 0.3) is 0 Å². The summed E-state index contributed by atoms with van der Waals surface area (Å²) in [4.78, 5) is 5.26. The Morgan fingerprint density at radius 2 is 1.89 bits per heavy atom. The highest BCUT2D eigenvalue weighted by molar-refractivity contribution is 5.55. The minimum Gasteiger partial charge on any atom is -0.384 e. The van der Waals surface area contributed by atoms with Gasteiger partial charge in [0.2, 0.25) is 0 Å². The summed E-state index contributed by atoms with van der Waals surface area (Å²) in [5, 5.41) is 10.9.